The molecule has 2 N–H and O–H groups in total. The third-order valence-corrected chi connectivity index (χ3v) is 6.41. The number of hydrogen-bond donors (Lipinski definition) is 2. The van der Waals surface area contributed by atoms with Gasteiger partial charge in [0, 0.05) is 43.4 Å². The number of nitrogens with zero attached hydrogens (tertiary/aromatic N) is 3. The Hall–Kier alpha value is -3.56. The van der Waals surface area contributed by atoms with E-state index in [1.165, 1.54) is 0 Å². The predicted molar refractivity (Wildman–Crippen MR) is 132 cm³/mol. The number of oxazole rings is 1. The highest BCUT2D eigenvalue weighted by Gasteiger charge is 2.35. The lowest BCUT2D eigenvalue weighted by molar-refractivity contribution is -0.139. The van der Waals surface area contributed by atoms with Gasteiger partial charge in [-0.05, 0) is 36.8 Å². The molecule has 0 bridgehead atoms. The fourth-order valence-corrected chi connectivity index (χ4v) is 4.54. The maximum atomic E-state index is 13.0. The molecule has 0 saturated carbocycles. The molecule has 0 spiro atoms. The van der Waals surface area contributed by atoms with Gasteiger partial charge in [-0.3, -0.25) is 4.90 Å². The van der Waals surface area contributed by atoms with Crippen LogP contribution in [0.3, 0.4) is 0 Å². The van der Waals surface area contributed by atoms with Gasteiger partial charge in [0.2, 0.25) is 0 Å². The molecule has 1 saturated heterocycles. The zero-order valence-corrected chi connectivity index (χ0v) is 20.0. The number of carbonyl (C=O) groups excluding carboxylic acids is 2. The minimum Gasteiger partial charge on any atom is -0.463 e. The van der Waals surface area contributed by atoms with Crippen molar-refractivity contribution < 1.29 is 18.7 Å². The van der Waals surface area contributed by atoms with Crippen LogP contribution in [0.2, 0.25) is 5.02 Å². The van der Waals surface area contributed by atoms with Crippen LogP contribution < -0.4 is 15.5 Å². The quantitative estimate of drug-likeness (QED) is 0.505. The first-order chi connectivity index (χ1) is 17.0. The van der Waals surface area contributed by atoms with Crippen molar-refractivity contribution >= 4 is 40.7 Å². The van der Waals surface area contributed by atoms with Crippen LogP contribution in [-0.2, 0) is 9.53 Å². The monoisotopic (exact) mass is 495 g/mol. The number of esters is 1. The standard InChI is InChI=1S/C25H26ClN5O4/c1-2-34-23(32)21-19(27-24(33)29-22(21)16-7-9-17(26)10-8-16)15-30-11-13-31(14-12-30)25-28-18-5-3-4-6-20(18)35-25/h3-10,22H,2,11-15H2,1H3,(H2,27,29,33). The third-order valence-electron chi connectivity index (χ3n) is 6.16. The molecule has 1 unspecified atom stereocenters. The van der Waals surface area contributed by atoms with Gasteiger partial charge in [0.25, 0.3) is 6.01 Å². The summed E-state index contributed by atoms with van der Waals surface area (Å²) < 4.78 is 11.3. The number of amides is 2. The average molecular weight is 496 g/mol. The number of aromatic nitrogens is 1. The van der Waals surface area contributed by atoms with E-state index in [1.54, 1.807) is 31.2 Å². The summed E-state index contributed by atoms with van der Waals surface area (Å²) in [6.07, 6.45) is 0. The highest BCUT2D eigenvalue weighted by atomic mass is 35.5. The van der Waals surface area contributed by atoms with Gasteiger partial charge in [-0.1, -0.05) is 35.9 Å². The molecule has 10 heteroatoms. The molecule has 35 heavy (non-hydrogen) atoms. The van der Waals surface area contributed by atoms with Gasteiger partial charge in [0.05, 0.1) is 18.2 Å². The van der Waals surface area contributed by atoms with Crippen LogP contribution in [0.15, 0.2) is 64.2 Å². The van der Waals surface area contributed by atoms with Gasteiger partial charge in [0.15, 0.2) is 5.58 Å². The number of para-hydroxylation sites is 2. The summed E-state index contributed by atoms with van der Waals surface area (Å²) in [4.78, 5) is 34.4. The van der Waals surface area contributed by atoms with Crippen molar-refractivity contribution in [1.82, 2.24) is 20.5 Å². The zero-order chi connectivity index (χ0) is 24.4. The Morgan fingerprint density at radius 3 is 2.60 bits per heavy atom. The predicted octanol–water partition coefficient (Wildman–Crippen LogP) is 3.47. The maximum Gasteiger partial charge on any atom is 0.338 e. The highest BCUT2D eigenvalue weighted by molar-refractivity contribution is 6.30. The number of rotatable bonds is 6. The van der Waals surface area contributed by atoms with Crippen LogP contribution >= 0.6 is 11.6 Å². The van der Waals surface area contributed by atoms with Gasteiger partial charge in [-0.15, -0.1) is 0 Å². The van der Waals surface area contributed by atoms with Gasteiger partial charge in [-0.25, -0.2) is 9.59 Å². The maximum absolute atomic E-state index is 13.0. The average Bonchev–Trinajstić information content (AvgIpc) is 3.29. The van der Waals surface area contributed by atoms with Gasteiger partial charge in [0.1, 0.15) is 5.52 Å². The van der Waals surface area contributed by atoms with E-state index in [0.717, 1.165) is 16.7 Å². The number of ether oxygens (including phenoxy) is 1. The zero-order valence-electron chi connectivity index (χ0n) is 19.3. The first kappa shape index (κ1) is 23.2. The summed E-state index contributed by atoms with van der Waals surface area (Å²) in [6, 6.07) is 14.4. The molecular weight excluding hydrogens is 470 g/mol. The molecule has 0 aliphatic carbocycles. The van der Waals surface area contributed by atoms with Gasteiger partial charge >= 0.3 is 12.0 Å². The van der Waals surface area contributed by atoms with E-state index < -0.39 is 12.0 Å². The minimum atomic E-state index is -0.629. The third kappa shape index (κ3) is 4.96. The highest BCUT2D eigenvalue weighted by Crippen LogP contribution is 2.29. The van der Waals surface area contributed by atoms with Crippen LogP contribution in [0.1, 0.15) is 18.5 Å². The number of halogens is 1. The van der Waals surface area contributed by atoms with Crippen molar-refractivity contribution in [2.24, 2.45) is 0 Å². The fourth-order valence-electron chi connectivity index (χ4n) is 4.41. The second-order valence-corrected chi connectivity index (χ2v) is 8.86. The molecule has 1 fully saturated rings. The van der Waals surface area contributed by atoms with Crippen LogP contribution in [0.5, 0.6) is 0 Å². The van der Waals surface area contributed by atoms with E-state index >= 15 is 0 Å². The molecule has 2 aromatic carbocycles. The van der Waals surface area contributed by atoms with Crippen LogP contribution in [0.4, 0.5) is 10.8 Å². The Morgan fingerprint density at radius 2 is 1.89 bits per heavy atom. The van der Waals surface area contributed by atoms with E-state index in [0.29, 0.717) is 55.0 Å². The first-order valence-corrected chi connectivity index (χ1v) is 12.0. The molecule has 2 amide bonds. The van der Waals surface area contributed by atoms with Gasteiger partial charge < -0.3 is 24.7 Å². The summed E-state index contributed by atoms with van der Waals surface area (Å²) in [5.74, 6) is -0.458. The number of nitrogens with one attached hydrogen (secondary N) is 2. The van der Waals surface area contributed by atoms with Crippen molar-refractivity contribution in [2.45, 2.75) is 13.0 Å². The molecule has 1 atom stereocenters. The lowest BCUT2D eigenvalue weighted by atomic mass is 9.95. The molecule has 3 aromatic rings. The Kier molecular flexibility index (Phi) is 6.61. The number of urea groups is 1. The fraction of sp³-hybridized carbons (Fsp3) is 0.320. The number of hydrogen-bond acceptors (Lipinski definition) is 7. The van der Waals surface area contributed by atoms with E-state index in [-0.39, 0.29) is 12.6 Å². The molecule has 9 nitrogen and oxygen atoms in total. The van der Waals surface area contributed by atoms with Gasteiger partial charge in [-0.2, -0.15) is 4.98 Å². The van der Waals surface area contributed by atoms with E-state index in [4.69, 9.17) is 20.8 Å². The van der Waals surface area contributed by atoms with Crippen molar-refractivity contribution in [3.63, 3.8) is 0 Å². The Bertz CT molecular complexity index is 1230. The lowest BCUT2D eigenvalue weighted by Crippen LogP contribution is -2.51. The number of anilines is 1. The minimum absolute atomic E-state index is 0.236. The van der Waals surface area contributed by atoms with Crippen LogP contribution in [0.25, 0.3) is 11.1 Å². The summed E-state index contributed by atoms with van der Waals surface area (Å²) in [7, 11) is 0. The van der Waals surface area contributed by atoms with Crippen molar-refractivity contribution in [3.8, 4) is 0 Å². The topological polar surface area (TPSA) is 99.9 Å². The molecule has 2 aliphatic rings. The summed E-state index contributed by atoms with van der Waals surface area (Å²) in [6.45, 7) is 5.26. The molecule has 2 aliphatic heterocycles. The number of carbonyl (C=O) groups is 2. The molecule has 182 valence electrons. The Morgan fingerprint density at radius 1 is 1.14 bits per heavy atom. The van der Waals surface area contributed by atoms with E-state index in [9.17, 15) is 9.59 Å². The Labute approximate surface area is 207 Å². The van der Waals surface area contributed by atoms with E-state index in [1.807, 2.05) is 24.3 Å². The Balaban J connectivity index is 1.35. The van der Waals surface area contributed by atoms with Crippen molar-refractivity contribution in [2.75, 3.05) is 44.2 Å². The SMILES string of the molecule is CCOC(=O)C1=C(CN2CCN(c3nc4ccccc4o3)CC2)NC(=O)NC1c1ccc(Cl)cc1. The summed E-state index contributed by atoms with van der Waals surface area (Å²) in [5, 5.41) is 6.27. The normalized spacial score (nSPS) is 19.0. The van der Waals surface area contributed by atoms with Crippen LogP contribution in [0, 0.1) is 0 Å². The number of benzene rings is 2. The summed E-state index contributed by atoms with van der Waals surface area (Å²) in [5.41, 5.74) is 3.29. The lowest BCUT2D eigenvalue weighted by Gasteiger charge is -2.36. The molecule has 0 radical (unpaired) electrons. The molecule has 3 heterocycles. The van der Waals surface area contributed by atoms with E-state index in [2.05, 4.69) is 25.4 Å². The molecule has 5 rings (SSSR count). The number of fused-ring (bicyclic) bond motifs is 1. The number of piperazine rings is 1. The van der Waals surface area contributed by atoms with Crippen LogP contribution in [-0.4, -0.2) is 61.2 Å². The molecular formula is C25H26ClN5O4. The van der Waals surface area contributed by atoms with Crippen molar-refractivity contribution in [3.05, 3.63) is 70.4 Å². The molecule has 1 aromatic heterocycles. The smallest absolute Gasteiger partial charge is 0.338 e. The van der Waals surface area contributed by atoms with Crippen molar-refractivity contribution in [1.29, 1.82) is 0 Å². The summed E-state index contributed by atoms with van der Waals surface area (Å²) >= 11 is 6.04. The largest absolute Gasteiger partial charge is 0.463 e. The second kappa shape index (κ2) is 9.97. The second-order valence-electron chi connectivity index (χ2n) is 8.42. The first-order valence-electron chi connectivity index (χ1n) is 11.6.